The number of alkyl halides is 3. The van der Waals surface area contributed by atoms with E-state index in [4.69, 9.17) is 4.74 Å². The van der Waals surface area contributed by atoms with Crippen molar-refractivity contribution in [3.63, 3.8) is 0 Å². The Bertz CT molecular complexity index is 911. The summed E-state index contributed by atoms with van der Waals surface area (Å²) in [7, 11) is 1.43. The number of rotatable bonds is 3. The van der Waals surface area contributed by atoms with Gasteiger partial charge in [0.15, 0.2) is 0 Å². The summed E-state index contributed by atoms with van der Waals surface area (Å²) in [5.41, 5.74) is -2.45. The Labute approximate surface area is 153 Å². The Kier molecular flexibility index (Phi) is 4.69. The molecule has 1 heterocycles. The van der Waals surface area contributed by atoms with Gasteiger partial charge < -0.3 is 9.84 Å². The third kappa shape index (κ3) is 3.40. The van der Waals surface area contributed by atoms with Gasteiger partial charge in [-0.05, 0) is 31.2 Å². The molecule has 1 aliphatic heterocycles. The first-order valence-corrected chi connectivity index (χ1v) is 8.08. The summed E-state index contributed by atoms with van der Waals surface area (Å²) in [4.78, 5) is 12.7. The van der Waals surface area contributed by atoms with Gasteiger partial charge in [-0.1, -0.05) is 29.8 Å². The van der Waals surface area contributed by atoms with Crippen LogP contribution in [0.5, 0.6) is 5.75 Å². The normalized spacial score (nSPS) is 19.8. The molecular formula is C19H17F3N2O3. The summed E-state index contributed by atoms with van der Waals surface area (Å²) in [6.07, 6.45) is -5.96. The van der Waals surface area contributed by atoms with Crippen LogP contribution in [0.1, 0.15) is 27.9 Å². The number of aryl methyl sites for hydroxylation is 1. The fraction of sp³-hybridized carbons (Fsp3) is 0.263. The lowest BCUT2D eigenvalue weighted by Crippen LogP contribution is -2.56. The number of methoxy groups -OCH3 is 1. The van der Waals surface area contributed by atoms with Crippen molar-refractivity contribution < 1.29 is 27.8 Å². The number of amides is 1. The van der Waals surface area contributed by atoms with E-state index in [1.54, 1.807) is 37.3 Å². The minimum absolute atomic E-state index is 0.00770. The van der Waals surface area contributed by atoms with E-state index in [2.05, 4.69) is 5.10 Å². The second kappa shape index (κ2) is 6.70. The van der Waals surface area contributed by atoms with Crippen molar-refractivity contribution in [1.29, 1.82) is 0 Å². The number of hydrogen-bond acceptors (Lipinski definition) is 4. The van der Waals surface area contributed by atoms with Crippen molar-refractivity contribution in [2.45, 2.75) is 25.2 Å². The fourth-order valence-corrected chi connectivity index (χ4v) is 2.84. The van der Waals surface area contributed by atoms with E-state index in [0.717, 1.165) is 0 Å². The van der Waals surface area contributed by atoms with Crippen LogP contribution in [0.2, 0.25) is 0 Å². The zero-order valence-electron chi connectivity index (χ0n) is 14.6. The molecule has 27 heavy (non-hydrogen) atoms. The zero-order valence-corrected chi connectivity index (χ0v) is 14.6. The number of aliphatic hydroxyl groups is 1. The first-order chi connectivity index (χ1) is 12.7. The molecule has 8 heteroatoms. The molecule has 2 aromatic carbocycles. The lowest BCUT2D eigenvalue weighted by Gasteiger charge is -2.32. The van der Waals surface area contributed by atoms with Crippen molar-refractivity contribution in [3.8, 4) is 5.75 Å². The molecule has 1 aliphatic rings. The Morgan fingerprint density at radius 3 is 2.56 bits per heavy atom. The van der Waals surface area contributed by atoms with Gasteiger partial charge in [0.25, 0.3) is 11.6 Å². The van der Waals surface area contributed by atoms with Crippen molar-refractivity contribution in [2.24, 2.45) is 5.10 Å². The lowest BCUT2D eigenvalue weighted by atomic mass is 10.00. The largest absolute Gasteiger partial charge is 0.497 e. The van der Waals surface area contributed by atoms with Crippen molar-refractivity contribution >= 4 is 11.6 Å². The maximum absolute atomic E-state index is 13.6. The van der Waals surface area contributed by atoms with E-state index in [1.165, 1.54) is 25.3 Å². The van der Waals surface area contributed by atoms with Crippen LogP contribution in [-0.2, 0) is 0 Å². The van der Waals surface area contributed by atoms with Crippen molar-refractivity contribution in [2.75, 3.05) is 7.11 Å². The average molecular weight is 378 g/mol. The first kappa shape index (κ1) is 18.9. The molecule has 0 aliphatic carbocycles. The van der Waals surface area contributed by atoms with Crippen LogP contribution in [0.4, 0.5) is 13.2 Å². The summed E-state index contributed by atoms with van der Waals surface area (Å²) in [5, 5.41) is 14.3. The SMILES string of the molecule is COc1cccc(C2=NN(C(=O)c3cccc(C)c3)[C@](O)(C(F)(F)F)C2)c1. The average Bonchev–Trinajstić information content (AvgIpc) is 3.00. The summed E-state index contributed by atoms with van der Waals surface area (Å²) >= 11 is 0. The number of hydrogen-bond donors (Lipinski definition) is 1. The highest BCUT2D eigenvalue weighted by Crippen LogP contribution is 2.42. The highest BCUT2D eigenvalue weighted by atomic mass is 19.4. The quantitative estimate of drug-likeness (QED) is 0.889. The molecule has 1 amide bonds. The zero-order chi connectivity index (χ0) is 19.8. The summed E-state index contributed by atoms with van der Waals surface area (Å²) in [6.45, 7) is 1.71. The molecule has 0 aromatic heterocycles. The number of hydrazone groups is 1. The number of carbonyl (C=O) groups excluding carboxylic acids is 1. The van der Waals surface area contributed by atoms with Crippen molar-refractivity contribution in [1.82, 2.24) is 5.01 Å². The van der Waals surface area contributed by atoms with Gasteiger partial charge in [0, 0.05) is 11.1 Å². The number of nitrogens with zero attached hydrogens (tertiary/aromatic N) is 2. The van der Waals surface area contributed by atoms with Crippen LogP contribution >= 0.6 is 0 Å². The Morgan fingerprint density at radius 2 is 1.93 bits per heavy atom. The highest BCUT2D eigenvalue weighted by Gasteiger charge is 2.63. The predicted molar refractivity (Wildman–Crippen MR) is 92.5 cm³/mol. The van der Waals surface area contributed by atoms with Crippen LogP contribution in [0, 0.1) is 6.92 Å². The maximum atomic E-state index is 13.6. The van der Waals surface area contributed by atoms with Crippen LogP contribution in [-0.4, -0.2) is 40.7 Å². The molecule has 0 spiro atoms. The van der Waals surface area contributed by atoms with Crippen LogP contribution in [0.25, 0.3) is 0 Å². The van der Waals surface area contributed by atoms with Gasteiger partial charge in [-0.3, -0.25) is 4.79 Å². The molecule has 0 fully saturated rings. The number of halogens is 3. The minimum Gasteiger partial charge on any atom is -0.497 e. The van der Waals surface area contributed by atoms with E-state index < -0.39 is 24.2 Å². The number of benzene rings is 2. The topological polar surface area (TPSA) is 62.1 Å². The molecular weight excluding hydrogens is 361 g/mol. The predicted octanol–water partition coefficient (Wildman–Crippen LogP) is 3.50. The molecule has 0 unspecified atom stereocenters. The van der Waals surface area contributed by atoms with E-state index in [-0.39, 0.29) is 16.3 Å². The van der Waals surface area contributed by atoms with E-state index >= 15 is 0 Å². The fourth-order valence-electron chi connectivity index (χ4n) is 2.84. The van der Waals surface area contributed by atoms with Gasteiger partial charge in [-0.25, -0.2) is 0 Å². The molecule has 0 bridgehead atoms. The molecule has 1 N–H and O–H groups in total. The molecule has 5 nitrogen and oxygen atoms in total. The van der Waals surface area contributed by atoms with Gasteiger partial charge in [0.05, 0.1) is 19.2 Å². The van der Waals surface area contributed by atoms with Crippen LogP contribution in [0.15, 0.2) is 53.6 Å². The standard InChI is InChI=1S/C19H17F3N2O3/c1-12-5-3-7-14(9-12)17(25)24-18(26,19(20,21)22)11-16(23-24)13-6-4-8-15(10-13)27-2/h3-10,26H,11H2,1-2H3/t18-/m1/s1. The Hall–Kier alpha value is -2.87. The second-order valence-corrected chi connectivity index (χ2v) is 6.26. The van der Waals surface area contributed by atoms with E-state index in [1.807, 2.05) is 0 Å². The number of ether oxygens (including phenoxy) is 1. The molecule has 142 valence electrons. The third-order valence-corrected chi connectivity index (χ3v) is 4.30. The van der Waals surface area contributed by atoms with Gasteiger partial charge in [-0.15, -0.1) is 0 Å². The molecule has 3 rings (SSSR count). The van der Waals surface area contributed by atoms with Gasteiger partial charge >= 0.3 is 6.18 Å². The summed E-state index contributed by atoms with van der Waals surface area (Å²) in [5.74, 6) is -0.606. The van der Waals surface area contributed by atoms with Crippen LogP contribution < -0.4 is 4.74 Å². The maximum Gasteiger partial charge on any atom is 0.438 e. The lowest BCUT2D eigenvalue weighted by molar-refractivity contribution is -0.297. The monoisotopic (exact) mass is 378 g/mol. The van der Waals surface area contributed by atoms with Gasteiger partial charge in [-0.2, -0.15) is 23.3 Å². The smallest absolute Gasteiger partial charge is 0.438 e. The molecule has 1 atom stereocenters. The highest BCUT2D eigenvalue weighted by molar-refractivity contribution is 6.05. The first-order valence-electron chi connectivity index (χ1n) is 8.08. The Balaban J connectivity index is 2.06. The van der Waals surface area contributed by atoms with E-state index in [0.29, 0.717) is 16.9 Å². The van der Waals surface area contributed by atoms with Gasteiger partial charge in [0.1, 0.15) is 5.75 Å². The number of carbonyl (C=O) groups is 1. The van der Waals surface area contributed by atoms with Crippen LogP contribution in [0.3, 0.4) is 0 Å². The Morgan fingerprint density at radius 1 is 1.22 bits per heavy atom. The minimum atomic E-state index is -5.09. The molecule has 0 radical (unpaired) electrons. The summed E-state index contributed by atoms with van der Waals surface area (Å²) in [6, 6.07) is 12.3. The van der Waals surface area contributed by atoms with Crippen molar-refractivity contribution in [3.05, 3.63) is 65.2 Å². The second-order valence-electron chi connectivity index (χ2n) is 6.26. The third-order valence-electron chi connectivity index (χ3n) is 4.30. The molecule has 0 saturated heterocycles. The van der Waals surface area contributed by atoms with E-state index in [9.17, 15) is 23.1 Å². The molecule has 0 saturated carbocycles. The molecule has 2 aromatic rings. The summed E-state index contributed by atoms with van der Waals surface area (Å²) < 4.78 is 46.0. The van der Waals surface area contributed by atoms with Gasteiger partial charge in [0.2, 0.25) is 0 Å².